The van der Waals surface area contributed by atoms with Crippen molar-refractivity contribution in [2.24, 2.45) is 17.1 Å². The van der Waals surface area contributed by atoms with E-state index in [2.05, 4.69) is 10.6 Å². The maximum absolute atomic E-state index is 12.9. The molecule has 0 aromatic heterocycles. The van der Waals surface area contributed by atoms with Crippen LogP contribution in [0.15, 0.2) is 71.2 Å². The monoisotopic (exact) mass is 609 g/mol. The van der Waals surface area contributed by atoms with Gasteiger partial charge in [-0.15, -0.1) is 0 Å². The van der Waals surface area contributed by atoms with Gasteiger partial charge in [0.05, 0.1) is 13.2 Å². The molecule has 0 radical (unpaired) electrons. The lowest BCUT2D eigenvalue weighted by atomic mass is 9.86. The van der Waals surface area contributed by atoms with E-state index in [0.717, 1.165) is 5.57 Å². The van der Waals surface area contributed by atoms with Crippen molar-refractivity contribution in [2.75, 3.05) is 13.7 Å². The quantitative estimate of drug-likeness (QED) is 0.0921. The standard InChI is InChI=1S/C31H48ClN3O7/c1-21(19-22(2)26(37)17-16-25(20-36)41-7)11-8-9-13-27(38)35-28(31(4,5)6)29(39)34-18-10-12-24(42-30(33)40)15-14-23(3)32/h8-11,13-14,16,18-19,22,24,26,28,36-37H,12,15,17,20H2,1-7H3,(H2,33,40)(H,34,39)(H,35,38). The Morgan fingerprint density at radius 1 is 1.05 bits per heavy atom. The van der Waals surface area contributed by atoms with Gasteiger partial charge in [0.1, 0.15) is 24.5 Å². The number of allylic oxidation sites excluding steroid dienone is 5. The van der Waals surface area contributed by atoms with E-state index in [1.165, 1.54) is 19.4 Å². The molecule has 0 saturated carbocycles. The molecule has 10 nitrogen and oxygen atoms in total. The lowest BCUT2D eigenvalue weighted by molar-refractivity contribution is -0.129. The predicted molar refractivity (Wildman–Crippen MR) is 166 cm³/mol. The topological polar surface area (TPSA) is 160 Å². The molecule has 0 fully saturated rings. The second kappa shape index (κ2) is 20.5. The number of hydrogen-bond acceptors (Lipinski definition) is 7. The number of primary amides is 1. The summed E-state index contributed by atoms with van der Waals surface area (Å²) < 4.78 is 10.0. The average molecular weight is 610 g/mol. The van der Waals surface area contributed by atoms with E-state index >= 15 is 0 Å². The van der Waals surface area contributed by atoms with Crippen LogP contribution in [0.25, 0.3) is 0 Å². The molecule has 0 spiro atoms. The number of methoxy groups -OCH3 is 1. The highest BCUT2D eigenvalue weighted by molar-refractivity contribution is 6.29. The van der Waals surface area contributed by atoms with Crippen molar-refractivity contribution in [1.82, 2.24) is 10.6 Å². The smallest absolute Gasteiger partial charge is 0.404 e. The molecule has 42 heavy (non-hydrogen) atoms. The second-order valence-electron chi connectivity index (χ2n) is 10.9. The summed E-state index contributed by atoms with van der Waals surface area (Å²) in [4.78, 5) is 36.5. The number of carbonyl (C=O) groups is 3. The third-order valence-corrected chi connectivity index (χ3v) is 6.11. The molecule has 0 aromatic carbocycles. The fourth-order valence-electron chi connectivity index (χ4n) is 3.57. The summed E-state index contributed by atoms with van der Waals surface area (Å²) in [5.74, 6) is -0.590. The Bertz CT molecular complexity index is 1050. The summed E-state index contributed by atoms with van der Waals surface area (Å²) in [6.07, 6.45) is 13.6. The number of rotatable bonds is 17. The number of aliphatic hydroxyl groups is 2. The van der Waals surface area contributed by atoms with E-state index in [4.69, 9.17) is 31.9 Å². The van der Waals surface area contributed by atoms with Crippen LogP contribution in [0.1, 0.15) is 60.8 Å². The molecule has 236 valence electrons. The first kappa shape index (κ1) is 38.7. The lowest BCUT2D eigenvalue weighted by Crippen LogP contribution is -2.52. The number of amides is 3. The molecule has 6 N–H and O–H groups in total. The Morgan fingerprint density at radius 2 is 1.69 bits per heavy atom. The van der Waals surface area contributed by atoms with Gasteiger partial charge < -0.3 is 36.1 Å². The Labute approximate surface area is 255 Å². The predicted octanol–water partition coefficient (Wildman–Crippen LogP) is 4.50. The minimum Gasteiger partial charge on any atom is -0.499 e. The van der Waals surface area contributed by atoms with Crippen molar-refractivity contribution in [3.8, 4) is 0 Å². The molecule has 0 aliphatic carbocycles. The highest BCUT2D eigenvalue weighted by Gasteiger charge is 2.31. The highest BCUT2D eigenvalue weighted by Crippen LogP contribution is 2.20. The van der Waals surface area contributed by atoms with Gasteiger partial charge in [0.15, 0.2) is 0 Å². The number of nitrogens with two attached hydrogens (primary N) is 1. The van der Waals surface area contributed by atoms with E-state index in [0.29, 0.717) is 30.1 Å². The van der Waals surface area contributed by atoms with E-state index in [9.17, 15) is 19.5 Å². The number of ether oxygens (including phenoxy) is 2. The van der Waals surface area contributed by atoms with Gasteiger partial charge in [0, 0.05) is 29.9 Å². The molecule has 0 bridgehead atoms. The molecule has 3 amide bonds. The lowest BCUT2D eigenvalue weighted by Gasteiger charge is -2.29. The summed E-state index contributed by atoms with van der Waals surface area (Å²) in [5, 5.41) is 25.4. The molecular weight excluding hydrogens is 562 g/mol. The first-order valence-corrected chi connectivity index (χ1v) is 14.1. The molecule has 4 unspecified atom stereocenters. The first-order valence-electron chi connectivity index (χ1n) is 13.7. The van der Waals surface area contributed by atoms with Gasteiger partial charge in [-0.25, -0.2) is 4.79 Å². The number of nitrogens with one attached hydrogen (secondary N) is 2. The molecule has 0 aromatic rings. The van der Waals surface area contributed by atoms with Gasteiger partial charge in [-0.2, -0.15) is 0 Å². The van der Waals surface area contributed by atoms with Crippen molar-refractivity contribution in [3.05, 3.63) is 71.2 Å². The Morgan fingerprint density at radius 3 is 2.24 bits per heavy atom. The third kappa shape index (κ3) is 18.2. The van der Waals surface area contributed by atoms with Crippen LogP contribution in [-0.4, -0.2) is 60.1 Å². The average Bonchev–Trinajstić information content (AvgIpc) is 2.89. The van der Waals surface area contributed by atoms with Crippen LogP contribution in [-0.2, 0) is 19.1 Å². The zero-order valence-electron chi connectivity index (χ0n) is 25.7. The van der Waals surface area contributed by atoms with Crippen molar-refractivity contribution < 1.29 is 34.1 Å². The zero-order valence-corrected chi connectivity index (χ0v) is 26.5. The summed E-state index contributed by atoms with van der Waals surface area (Å²) in [6, 6.07) is -0.828. The van der Waals surface area contributed by atoms with Gasteiger partial charge in [0.2, 0.25) is 11.8 Å². The third-order valence-electron chi connectivity index (χ3n) is 5.96. The van der Waals surface area contributed by atoms with Crippen LogP contribution < -0.4 is 16.4 Å². The second-order valence-corrected chi connectivity index (χ2v) is 11.5. The van der Waals surface area contributed by atoms with Crippen LogP contribution in [0, 0.1) is 11.3 Å². The van der Waals surface area contributed by atoms with Crippen LogP contribution in [0.5, 0.6) is 0 Å². The maximum Gasteiger partial charge on any atom is 0.404 e. The summed E-state index contributed by atoms with van der Waals surface area (Å²) in [7, 11) is 1.46. The minimum atomic E-state index is -0.902. The Balaban J connectivity index is 5.10. The molecule has 0 saturated heterocycles. The van der Waals surface area contributed by atoms with Crippen LogP contribution in [0.3, 0.4) is 0 Å². The molecule has 4 atom stereocenters. The van der Waals surface area contributed by atoms with Crippen LogP contribution >= 0.6 is 11.6 Å². The largest absolute Gasteiger partial charge is 0.499 e. The van der Waals surface area contributed by atoms with E-state index in [1.54, 1.807) is 43.4 Å². The van der Waals surface area contributed by atoms with Crippen molar-refractivity contribution in [2.45, 2.75) is 79.1 Å². The van der Waals surface area contributed by atoms with E-state index in [1.807, 2.05) is 40.7 Å². The number of carbonyl (C=O) groups excluding carboxylic acids is 3. The van der Waals surface area contributed by atoms with Gasteiger partial charge >= 0.3 is 6.09 Å². The van der Waals surface area contributed by atoms with Gasteiger partial charge in [-0.1, -0.05) is 81.3 Å². The minimum absolute atomic E-state index is 0.150. The van der Waals surface area contributed by atoms with E-state index in [-0.39, 0.29) is 12.5 Å². The van der Waals surface area contributed by atoms with Crippen molar-refractivity contribution >= 4 is 29.5 Å². The van der Waals surface area contributed by atoms with Gasteiger partial charge in [0.25, 0.3) is 0 Å². The van der Waals surface area contributed by atoms with Crippen LogP contribution in [0.2, 0.25) is 0 Å². The molecule has 0 aliphatic heterocycles. The first-order chi connectivity index (χ1) is 19.6. The molecule has 0 aliphatic rings. The van der Waals surface area contributed by atoms with Crippen LogP contribution in [0.4, 0.5) is 4.79 Å². The summed E-state index contributed by atoms with van der Waals surface area (Å²) >= 11 is 5.84. The molecule has 0 rings (SSSR count). The fourth-order valence-corrected chi connectivity index (χ4v) is 3.66. The zero-order chi connectivity index (χ0) is 32.3. The van der Waals surface area contributed by atoms with Crippen molar-refractivity contribution in [3.63, 3.8) is 0 Å². The molecular formula is C31H48ClN3O7. The number of aliphatic hydroxyl groups excluding tert-OH is 2. The number of halogens is 1. The fraction of sp³-hybridized carbons (Fsp3) is 0.516. The summed E-state index contributed by atoms with van der Waals surface area (Å²) in [6.45, 7) is 10.7. The van der Waals surface area contributed by atoms with Gasteiger partial charge in [-0.05, 0) is 38.0 Å². The normalized spacial score (nSPS) is 16.4. The molecule has 11 heteroatoms. The highest BCUT2D eigenvalue weighted by atomic mass is 35.5. The maximum atomic E-state index is 12.9. The van der Waals surface area contributed by atoms with Crippen molar-refractivity contribution in [1.29, 1.82) is 0 Å². The number of hydrogen-bond donors (Lipinski definition) is 5. The Hall–Kier alpha value is -3.34. The molecule has 0 heterocycles. The summed E-state index contributed by atoms with van der Waals surface area (Å²) in [5.41, 5.74) is 5.43. The SMILES string of the molecule is COC(=CCC(O)C(C)C=C(C)C=CC=CC(=O)NC(C(=O)NC=CCC(CC=C(C)Cl)OC(N)=O)C(C)(C)C)CO. The van der Waals surface area contributed by atoms with E-state index < -0.39 is 41.6 Å². The van der Waals surface area contributed by atoms with Gasteiger partial charge in [-0.3, -0.25) is 9.59 Å². The Kier molecular flexibility index (Phi) is 18.9.